The van der Waals surface area contributed by atoms with Crippen LogP contribution in [0.15, 0.2) is 24.3 Å². The van der Waals surface area contributed by atoms with Gasteiger partial charge in [0.2, 0.25) is 5.91 Å². The molecule has 0 spiro atoms. The van der Waals surface area contributed by atoms with Crippen LogP contribution in [0, 0.1) is 0 Å². The van der Waals surface area contributed by atoms with Crippen LogP contribution in [0.5, 0.6) is 0 Å². The molecule has 0 saturated heterocycles. The van der Waals surface area contributed by atoms with E-state index in [-0.39, 0.29) is 18.4 Å². The first kappa shape index (κ1) is 18.4. The maximum atomic E-state index is 12.6. The number of carbonyl (C=O) groups is 1. The highest BCUT2D eigenvalue weighted by molar-refractivity contribution is 5.78. The summed E-state index contributed by atoms with van der Waals surface area (Å²) in [5.74, 6) is 1.24. The number of hydrogen-bond donors (Lipinski definition) is 0. The van der Waals surface area contributed by atoms with Gasteiger partial charge in [-0.2, -0.15) is 13.2 Å². The number of nitrogens with zero attached hydrogens (tertiary/aromatic N) is 4. The lowest BCUT2D eigenvalue weighted by atomic mass is 10.1. The molecule has 0 radical (unpaired) electrons. The smallest absolute Gasteiger partial charge is 0.377 e. The van der Waals surface area contributed by atoms with Crippen LogP contribution in [-0.2, 0) is 35.3 Å². The number of fused-ring (bicyclic) bond motifs is 1. The number of ether oxygens (including phenoxy) is 1. The molecule has 26 heavy (non-hydrogen) atoms. The number of carbonyl (C=O) groups excluding carboxylic acids is 1. The van der Waals surface area contributed by atoms with E-state index in [2.05, 4.69) is 10.2 Å². The summed E-state index contributed by atoms with van der Waals surface area (Å²) in [6, 6.07) is 4.67. The fourth-order valence-electron chi connectivity index (χ4n) is 3.13. The van der Waals surface area contributed by atoms with Crippen molar-refractivity contribution in [2.24, 2.45) is 0 Å². The van der Waals surface area contributed by atoms with E-state index in [1.807, 2.05) is 11.5 Å². The van der Waals surface area contributed by atoms with Crippen molar-refractivity contribution >= 4 is 5.91 Å². The van der Waals surface area contributed by atoms with Crippen molar-refractivity contribution in [1.29, 1.82) is 0 Å². The first-order valence-electron chi connectivity index (χ1n) is 8.15. The molecule has 2 aromatic rings. The van der Waals surface area contributed by atoms with Gasteiger partial charge in [-0.3, -0.25) is 4.79 Å². The summed E-state index contributed by atoms with van der Waals surface area (Å²) in [6.45, 7) is 3.11. The zero-order valence-electron chi connectivity index (χ0n) is 14.5. The first-order chi connectivity index (χ1) is 12.3. The highest BCUT2D eigenvalue weighted by Gasteiger charge is 2.31. The van der Waals surface area contributed by atoms with Crippen LogP contribution in [0.25, 0.3) is 0 Å². The van der Waals surface area contributed by atoms with Crippen LogP contribution in [0.3, 0.4) is 0 Å². The van der Waals surface area contributed by atoms with E-state index in [0.717, 1.165) is 12.1 Å². The second-order valence-corrected chi connectivity index (χ2v) is 6.33. The number of hydrogen-bond acceptors (Lipinski definition) is 4. The summed E-state index contributed by atoms with van der Waals surface area (Å²) >= 11 is 0. The fourth-order valence-corrected chi connectivity index (χ4v) is 3.13. The van der Waals surface area contributed by atoms with E-state index in [1.54, 1.807) is 12.0 Å². The molecule has 0 bridgehead atoms. The Balaban J connectivity index is 1.69. The monoisotopic (exact) mass is 368 g/mol. The largest absolute Gasteiger partial charge is 0.416 e. The summed E-state index contributed by atoms with van der Waals surface area (Å²) in [5.41, 5.74) is -0.179. The van der Waals surface area contributed by atoms with Gasteiger partial charge in [0.15, 0.2) is 11.6 Å². The lowest BCUT2D eigenvalue weighted by Crippen LogP contribution is -2.41. The molecule has 2 heterocycles. The van der Waals surface area contributed by atoms with E-state index in [0.29, 0.717) is 36.9 Å². The Kier molecular flexibility index (Phi) is 4.99. The minimum absolute atomic E-state index is 0.00421. The molecule has 0 aliphatic carbocycles. The lowest BCUT2D eigenvalue weighted by Gasteiger charge is -2.32. The number of rotatable bonds is 4. The third-order valence-corrected chi connectivity index (χ3v) is 4.36. The zero-order valence-corrected chi connectivity index (χ0v) is 14.5. The van der Waals surface area contributed by atoms with Crippen LogP contribution in [-0.4, -0.2) is 39.2 Å². The highest BCUT2D eigenvalue weighted by Crippen LogP contribution is 2.29. The first-order valence-corrected chi connectivity index (χ1v) is 8.15. The van der Waals surface area contributed by atoms with Gasteiger partial charge in [-0.05, 0) is 24.6 Å². The molecule has 9 heteroatoms. The van der Waals surface area contributed by atoms with Gasteiger partial charge >= 0.3 is 6.18 Å². The van der Waals surface area contributed by atoms with Crippen molar-refractivity contribution in [1.82, 2.24) is 19.7 Å². The molecular formula is C17H19F3N4O2. The van der Waals surface area contributed by atoms with Crippen molar-refractivity contribution in [2.75, 3.05) is 13.7 Å². The maximum absolute atomic E-state index is 12.6. The van der Waals surface area contributed by atoms with Gasteiger partial charge in [0, 0.05) is 13.7 Å². The molecular weight excluding hydrogens is 349 g/mol. The van der Waals surface area contributed by atoms with Crippen LogP contribution in [0.2, 0.25) is 0 Å². The van der Waals surface area contributed by atoms with Crippen molar-refractivity contribution in [3.8, 4) is 0 Å². The Labute approximate surface area is 148 Å². The summed E-state index contributed by atoms with van der Waals surface area (Å²) in [5, 5.41) is 8.21. The average molecular weight is 368 g/mol. The quantitative estimate of drug-likeness (QED) is 0.832. The standard InChI is InChI=1S/C17H19F3N4O2/c1-11-8-23(9-14-21-22-15(10-26-2)24(11)14)16(25)7-12-3-5-13(6-4-12)17(18,19)20/h3-6,11H,7-10H2,1-2H3/t11-/m0/s1. The van der Waals surface area contributed by atoms with Crippen LogP contribution >= 0.6 is 0 Å². The molecule has 0 N–H and O–H groups in total. The predicted molar refractivity (Wildman–Crippen MR) is 86.0 cm³/mol. The molecule has 1 amide bonds. The second-order valence-electron chi connectivity index (χ2n) is 6.33. The molecule has 1 aromatic carbocycles. The molecule has 140 valence electrons. The molecule has 1 aromatic heterocycles. The summed E-state index contributed by atoms with van der Waals surface area (Å²) in [6.07, 6.45) is -4.33. The normalized spacial score (nSPS) is 17.3. The maximum Gasteiger partial charge on any atom is 0.416 e. The number of halogens is 3. The van der Waals surface area contributed by atoms with E-state index in [4.69, 9.17) is 4.74 Å². The molecule has 1 aliphatic rings. The predicted octanol–water partition coefficient (Wildman–Crippen LogP) is 2.59. The zero-order chi connectivity index (χ0) is 18.9. The van der Waals surface area contributed by atoms with Crippen molar-refractivity contribution in [3.05, 3.63) is 47.0 Å². The van der Waals surface area contributed by atoms with Crippen LogP contribution in [0.1, 0.15) is 35.7 Å². The van der Waals surface area contributed by atoms with Gasteiger partial charge in [-0.15, -0.1) is 10.2 Å². The van der Waals surface area contributed by atoms with E-state index in [9.17, 15) is 18.0 Å². The van der Waals surface area contributed by atoms with Gasteiger partial charge in [0.1, 0.15) is 6.61 Å². The number of amides is 1. The van der Waals surface area contributed by atoms with Crippen molar-refractivity contribution in [3.63, 3.8) is 0 Å². The molecule has 0 unspecified atom stereocenters. The van der Waals surface area contributed by atoms with Gasteiger partial charge in [0.05, 0.1) is 24.6 Å². The SMILES string of the molecule is COCc1nnc2n1[C@@H](C)CN(C(=O)Cc1ccc(C(F)(F)F)cc1)C2. The molecule has 3 rings (SSSR count). The van der Waals surface area contributed by atoms with Crippen molar-refractivity contribution in [2.45, 2.75) is 38.7 Å². The van der Waals surface area contributed by atoms with Crippen LogP contribution < -0.4 is 0 Å². The topological polar surface area (TPSA) is 60.3 Å². The summed E-state index contributed by atoms with van der Waals surface area (Å²) in [4.78, 5) is 14.2. The van der Waals surface area contributed by atoms with E-state index in [1.165, 1.54) is 12.1 Å². The Bertz CT molecular complexity index is 786. The Morgan fingerprint density at radius 1 is 1.27 bits per heavy atom. The second kappa shape index (κ2) is 7.06. The third kappa shape index (κ3) is 3.72. The fraction of sp³-hybridized carbons (Fsp3) is 0.471. The molecule has 6 nitrogen and oxygen atoms in total. The number of benzene rings is 1. The lowest BCUT2D eigenvalue weighted by molar-refractivity contribution is -0.137. The van der Waals surface area contributed by atoms with E-state index >= 15 is 0 Å². The van der Waals surface area contributed by atoms with E-state index < -0.39 is 11.7 Å². The molecule has 0 fully saturated rings. The van der Waals surface area contributed by atoms with Gasteiger partial charge < -0.3 is 14.2 Å². The molecule has 1 atom stereocenters. The minimum atomic E-state index is -4.38. The Hall–Kier alpha value is -2.42. The average Bonchev–Trinajstić information content (AvgIpc) is 2.98. The number of methoxy groups -OCH3 is 1. The minimum Gasteiger partial charge on any atom is -0.377 e. The third-order valence-electron chi connectivity index (χ3n) is 4.36. The van der Waals surface area contributed by atoms with Gasteiger partial charge in [0.25, 0.3) is 0 Å². The highest BCUT2D eigenvalue weighted by atomic mass is 19.4. The Morgan fingerprint density at radius 3 is 2.58 bits per heavy atom. The Morgan fingerprint density at radius 2 is 1.96 bits per heavy atom. The van der Waals surface area contributed by atoms with Crippen molar-refractivity contribution < 1.29 is 22.7 Å². The van der Waals surface area contributed by atoms with Gasteiger partial charge in [-0.25, -0.2) is 0 Å². The molecule has 1 aliphatic heterocycles. The van der Waals surface area contributed by atoms with Crippen LogP contribution in [0.4, 0.5) is 13.2 Å². The summed E-state index contributed by atoms with van der Waals surface area (Å²) < 4.78 is 44.9. The van der Waals surface area contributed by atoms with Gasteiger partial charge in [-0.1, -0.05) is 12.1 Å². The molecule has 0 saturated carbocycles. The number of aromatic nitrogens is 3. The number of alkyl halides is 3. The summed E-state index contributed by atoms with van der Waals surface area (Å²) in [7, 11) is 1.58.